The first-order chi connectivity index (χ1) is 10.3. The lowest BCUT2D eigenvalue weighted by Crippen LogP contribution is -2.08. The molecular formula is C15H14BrN5. The smallest absolute Gasteiger partial charge is 0.140 e. The van der Waals surface area contributed by atoms with Crippen molar-refractivity contribution in [3.05, 3.63) is 52.8 Å². The van der Waals surface area contributed by atoms with Gasteiger partial charge in [-0.15, -0.1) is 0 Å². The minimum Gasteiger partial charge on any atom is -0.383 e. The topological polar surface area (TPSA) is 76.7 Å². The highest BCUT2D eigenvalue weighted by Crippen LogP contribution is 2.34. The number of hydrogen-bond acceptors (Lipinski definition) is 5. The van der Waals surface area contributed by atoms with Crippen molar-refractivity contribution in [1.29, 1.82) is 0 Å². The van der Waals surface area contributed by atoms with E-state index >= 15 is 0 Å². The van der Waals surface area contributed by atoms with Crippen molar-refractivity contribution in [2.24, 2.45) is 0 Å². The number of benzene rings is 1. The molecule has 3 rings (SSSR count). The highest BCUT2D eigenvalue weighted by atomic mass is 79.9. The lowest BCUT2D eigenvalue weighted by molar-refractivity contribution is 0.888. The molecule has 3 N–H and O–H groups in total. The minimum atomic E-state index is 0.482. The normalized spacial score (nSPS) is 10.7. The Bertz CT molecular complexity index is 761. The molecule has 1 aromatic carbocycles. The molecule has 0 bridgehead atoms. The second-order valence-corrected chi connectivity index (χ2v) is 5.39. The van der Waals surface area contributed by atoms with E-state index in [0.717, 1.165) is 39.7 Å². The maximum Gasteiger partial charge on any atom is 0.140 e. The molecule has 5 nitrogen and oxygen atoms in total. The van der Waals surface area contributed by atoms with Gasteiger partial charge in [0.15, 0.2) is 0 Å². The Labute approximate surface area is 130 Å². The largest absolute Gasteiger partial charge is 0.383 e. The van der Waals surface area contributed by atoms with Crippen LogP contribution < -0.4 is 11.1 Å². The van der Waals surface area contributed by atoms with E-state index in [4.69, 9.17) is 5.73 Å². The summed E-state index contributed by atoms with van der Waals surface area (Å²) >= 11 is 3.51. The molecule has 0 saturated heterocycles. The number of anilines is 2. The number of hydrogen-bond donors (Lipinski definition) is 2. The first-order valence-electron chi connectivity index (χ1n) is 6.60. The highest BCUT2D eigenvalue weighted by molar-refractivity contribution is 9.10. The summed E-state index contributed by atoms with van der Waals surface area (Å²) < 4.78 is 0.792. The van der Waals surface area contributed by atoms with Crippen molar-refractivity contribution < 1.29 is 0 Å². The number of rotatable bonds is 4. The van der Waals surface area contributed by atoms with Gasteiger partial charge in [-0.25, -0.2) is 4.98 Å². The number of pyridine rings is 1. The zero-order valence-corrected chi connectivity index (χ0v) is 12.8. The Balaban J connectivity index is 1.84. The van der Waals surface area contributed by atoms with Gasteiger partial charge < -0.3 is 11.1 Å². The fraction of sp³-hybridized carbons (Fsp3) is 0.133. The van der Waals surface area contributed by atoms with Crippen LogP contribution in [0.2, 0.25) is 0 Å². The predicted molar refractivity (Wildman–Crippen MR) is 88.1 cm³/mol. The van der Waals surface area contributed by atoms with Crippen LogP contribution in [-0.4, -0.2) is 21.7 Å². The number of nitrogens with two attached hydrogens (primary N) is 1. The third-order valence-corrected chi connectivity index (χ3v) is 3.97. The molecule has 0 saturated carbocycles. The van der Waals surface area contributed by atoms with E-state index < -0.39 is 0 Å². The van der Waals surface area contributed by atoms with Gasteiger partial charge in [0, 0.05) is 24.5 Å². The standard InChI is InChI=1S/C15H14BrN5/c16-13-14(18-9-7-10-4-3-8-19-21-10)11-5-1-2-6-12(11)20-15(13)17/h1-6,8H,7,9H2,(H3,17,18,20). The SMILES string of the molecule is Nc1nc2ccccc2c(NCCc2cccnn2)c1Br. The second-order valence-electron chi connectivity index (χ2n) is 4.59. The lowest BCUT2D eigenvalue weighted by Gasteiger charge is -2.13. The number of nitrogens with one attached hydrogen (secondary N) is 1. The van der Waals surface area contributed by atoms with E-state index in [1.807, 2.05) is 36.4 Å². The van der Waals surface area contributed by atoms with Gasteiger partial charge in [0.2, 0.25) is 0 Å². The zero-order valence-electron chi connectivity index (χ0n) is 11.3. The Morgan fingerprint density at radius 3 is 2.81 bits per heavy atom. The number of halogens is 1. The molecule has 0 amide bonds. The third-order valence-electron chi connectivity index (χ3n) is 3.17. The van der Waals surface area contributed by atoms with E-state index in [0.29, 0.717) is 5.82 Å². The van der Waals surface area contributed by atoms with Gasteiger partial charge in [-0.1, -0.05) is 18.2 Å². The van der Waals surface area contributed by atoms with E-state index in [-0.39, 0.29) is 0 Å². The Hall–Kier alpha value is -2.21. The molecule has 0 radical (unpaired) electrons. The second kappa shape index (κ2) is 6.05. The summed E-state index contributed by atoms with van der Waals surface area (Å²) in [6.45, 7) is 0.741. The van der Waals surface area contributed by atoms with Crippen molar-refractivity contribution >= 4 is 38.3 Å². The first-order valence-corrected chi connectivity index (χ1v) is 7.39. The van der Waals surface area contributed by atoms with E-state index in [9.17, 15) is 0 Å². The number of fused-ring (bicyclic) bond motifs is 1. The molecule has 2 aromatic heterocycles. The molecule has 0 unspecified atom stereocenters. The monoisotopic (exact) mass is 343 g/mol. The fourth-order valence-corrected chi connectivity index (χ4v) is 2.61. The van der Waals surface area contributed by atoms with Crippen molar-refractivity contribution in [2.75, 3.05) is 17.6 Å². The summed E-state index contributed by atoms with van der Waals surface area (Å²) in [7, 11) is 0. The number of para-hydroxylation sites is 1. The predicted octanol–water partition coefficient (Wildman–Crippen LogP) is 3.02. The van der Waals surface area contributed by atoms with Gasteiger partial charge in [-0.3, -0.25) is 0 Å². The van der Waals surface area contributed by atoms with Gasteiger partial charge >= 0.3 is 0 Å². The average Bonchev–Trinajstić information content (AvgIpc) is 2.52. The molecule has 3 aromatic rings. The quantitative estimate of drug-likeness (QED) is 0.761. The summed E-state index contributed by atoms with van der Waals surface area (Å²) in [5.41, 5.74) is 8.74. The molecule has 2 heterocycles. The van der Waals surface area contributed by atoms with Crippen LogP contribution in [0.4, 0.5) is 11.5 Å². The number of nitrogens with zero attached hydrogens (tertiary/aromatic N) is 3. The summed E-state index contributed by atoms with van der Waals surface area (Å²) in [5.74, 6) is 0.482. The molecular weight excluding hydrogens is 330 g/mol. The van der Waals surface area contributed by atoms with E-state index in [1.54, 1.807) is 6.20 Å². The summed E-state index contributed by atoms with van der Waals surface area (Å²) in [5, 5.41) is 12.4. The van der Waals surface area contributed by atoms with Crippen LogP contribution in [-0.2, 0) is 6.42 Å². The van der Waals surface area contributed by atoms with Crippen molar-refractivity contribution in [3.63, 3.8) is 0 Å². The van der Waals surface area contributed by atoms with Gasteiger partial charge in [0.1, 0.15) is 5.82 Å². The van der Waals surface area contributed by atoms with Crippen LogP contribution in [0.1, 0.15) is 5.69 Å². The van der Waals surface area contributed by atoms with Crippen LogP contribution in [0.5, 0.6) is 0 Å². The Morgan fingerprint density at radius 1 is 1.14 bits per heavy atom. The van der Waals surface area contributed by atoms with E-state index in [2.05, 4.69) is 36.4 Å². The fourth-order valence-electron chi connectivity index (χ4n) is 2.16. The van der Waals surface area contributed by atoms with Gasteiger partial charge in [-0.05, 0) is 34.1 Å². The molecule has 106 valence electrons. The molecule has 0 fully saturated rings. The van der Waals surface area contributed by atoms with Gasteiger partial charge in [-0.2, -0.15) is 10.2 Å². The van der Waals surface area contributed by atoms with Crippen molar-refractivity contribution in [1.82, 2.24) is 15.2 Å². The number of nitrogen functional groups attached to an aromatic ring is 1. The van der Waals surface area contributed by atoms with Crippen molar-refractivity contribution in [3.8, 4) is 0 Å². The lowest BCUT2D eigenvalue weighted by atomic mass is 10.1. The number of aromatic nitrogens is 3. The molecule has 0 aliphatic rings. The zero-order chi connectivity index (χ0) is 14.7. The molecule has 0 aliphatic carbocycles. The van der Waals surface area contributed by atoms with Crippen LogP contribution in [0.3, 0.4) is 0 Å². The van der Waals surface area contributed by atoms with Crippen LogP contribution in [0.25, 0.3) is 10.9 Å². The van der Waals surface area contributed by atoms with Crippen LogP contribution >= 0.6 is 15.9 Å². The van der Waals surface area contributed by atoms with Crippen LogP contribution in [0.15, 0.2) is 47.1 Å². The molecule has 6 heteroatoms. The molecule has 0 aliphatic heterocycles. The Morgan fingerprint density at radius 2 is 2.00 bits per heavy atom. The maximum absolute atomic E-state index is 5.95. The maximum atomic E-state index is 5.95. The molecule has 0 spiro atoms. The first kappa shape index (κ1) is 13.8. The summed E-state index contributed by atoms with van der Waals surface area (Å²) in [6, 6.07) is 11.8. The highest BCUT2D eigenvalue weighted by Gasteiger charge is 2.10. The van der Waals surface area contributed by atoms with Gasteiger partial charge in [0.05, 0.1) is 21.4 Å². The Kier molecular flexibility index (Phi) is 3.96. The summed E-state index contributed by atoms with van der Waals surface area (Å²) in [4.78, 5) is 4.37. The summed E-state index contributed by atoms with van der Waals surface area (Å²) in [6.07, 6.45) is 2.46. The molecule has 0 atom stereocenters. The third kappa shape index (κ3) is 2.95. The molecule has 21 heavy (non-hydrogen) atoms. The minimum absolute atomic E-state index is 0.482. The average molecular weight is 344 g/mol. The van der Waals surface area contributed by atoms with Gasteiger partial charge in [0.25, 0.3) is 0 Å². The van der Waals surface area contributed by atoms with E-state index in [1.165, 1.54) is 0 Å². The van der Waals surface area contributed by atoms with Crippen molar-refractivity contribution in [2.45, 2.75) is 6.42 Å². The van der Waals surface area contributed by atoms with Crippen LogP contribution in [0, 0.1) is 0 Å².